The van der Waals surface area contributed by atoms with Gasteiger partial charge < -0.3 is 9.84 Å². The zero-order valence-corrected chi connectivity index (χ0v) is 10.7. The van der Waals surface area contributed by atoms with E-state index in [0.717, 1.165) is 21.2 Å². The van der Waals surface area contributed by atoms with E-state index in [0.29, 0.717) is 6.61 Å². The highest BCUT2D eigenvalue weighted by Crippen LogP contribution is 2.27. The van der Waals surface area contributed by atoms with E-state index in [9.17, 15) is 4.79 Å². The summed E-state index contributed by atoms with van der Waals surface area (Å²) in [6.07, 6.45) is 1.64. The largest absolute Gasteiger partial charge is 0.494 e. The number of nitrogens with zero attached hydrogens (tertiary/aromatic N) is 1. The van der Waals surface area contributed by atoms with Gasteiger partial charge in [-0.15, -0.1) is 11.3 Å². The van der Waals surface area contributed by atoms with Crippen LogP contribution in [0, 0.1) is 0 Å². The maximum atomic E-state index is 10.6. The summed E-state index contributed by atoms with van der Waals surface area (Å²) in [7, 11) is 0. The van der Waals surface area contributed by atoms with Gasteiger partial charge in [0.25, 0.3) is 0 Å². The lowest BCUT2D eigenvalue weighted by Gasteiger charge is -2.02. The monoisotopic (exact) mass is 263 g/mol. The molecule has 0 spiro atoms. The van der Waals surface area contributed by atoms with Gasteiger partial charge >= 0.3 is 5.97 Å². The maximum absolute atomic E-state index is 10.6. The Morgan fingerprint density at radius 2 is 2.11 bits per heavy atom. The van der Waals surface area contributed by atoms with Crippen molar-refractivity contribution in [3.63, 3.8) is 0 Å². The average Bonchev–Trinajstić information content (AvgIpc) is 2.78. The first-order chi connectivity index (χ1) is 8.69. The summed E-state index contributed by atoms with van der Waals surface area (Å²) >= 11 is 1.40. The van der Waals surface area contributed by atoms with Crippen LogP contribution in [-0.2, 0) is 11.2 Å². The summed E-state index contributed by atoms with van der Waals surface area (Å²) < 4.78 is 5.36. The molecule has 0 aliphatic carbocycles. The Balaban J connectivity index is 2.15. The minimum Gasteiger partial charge on any atom is -0.494 e. The van der Waals surface area contributed by atoms with Gasteiger partial charge in [-0.2, -0.15) is 0 Å². The van der Waals surface area contributed by atoms with Gasteiger partial charge in [0.15, 0.2) is 0 Å². The van der Waals surface area contributed by atoms with E-state index < -0.39 is 5.97 Å². The summed E-state index contributed by atoms with van der Waals surface area (Å²) in [4.78, 5) is 15.6. The predicted octanol–water partition coefficient (Wildman–Crippen LogP) is 2.84. The van der Waals surface area contributed by atoms with Crippen molar-refractivity contribution in [2.24, 2.45) is 0 Å². The summed E-state index contributed by atoms with van der Waals surface area (Å²) in [6, 6.07) is 7.62. The summed E-state index contributed by atoms with van der Waals surface area (Å²) in [6.45, 7) is 2.58. The molecular weight excluding hydrogens is 250 g/mol. The van der Waals surface area contributed by atoms with Crippen molar-refractivity contribution in [3.05, 3.63) is 35.3 Å². The molecule has 0 unspecified atom stereocenters. The number of thiazole rings is 1. The number of aromatic nitrogens is 1. The van der Waals surface area contributed by atoms with E-state index in [1.807, 2.05) is 31.2 Å². The third kappa shape index (κ3) is 3.07. The molecule has 0 radical (unpaired) electrons. The fourth-order valence-electron chi connectivity index (χ4n) is 1.53. The first-order valence-electron chi connectivity index (χ1n) is 5.58. The average molecular weight is 263 g/mol. The van der Waals surface area contributed by atoms with E-state index in [2.05, 4.69) is 4.98 Å². The lowest BCUT2D eigenvalue weighted by Crippen LogP contribution is -1.97. The van der Waals surface area contributed by atoms with Crippen LogP contribution in [-0.4, -0.2) is 22.7 Å². The zero-order chi connectivity index (χ0) is 13.0. The van der Waals surface area contributed by atoms with Crippen LogP contribution in [0.1, 0.15) is 11.8 Å². The molecule has 1 heterocycles. The molecule has 0 bridgehead atoms. The van der Waals surface area contributed by atoms with E-state index >= 15 is 0 Å². The van der Waals surface area contributed by atoms with E-state index in [-0.39, 0.29) is 6.42 Å². The minimum absolute atomic E-state index is 0.0225. The third-order valence-electron chi connectivity index (χ3n) is 2.29. The van der Waals surface area contributed by atoms with E-state index in [1.165, 1.54) is 11.3 Å². The Kier molecular flexibility index (Phi) is 3.94. The molecule has 0 fully saturated rings. The normalized spacial score (nSPS) is 10.3. The van der Waals surface area contributed by atoms with Crippen molar-refractivity contribution < 1.29 is 14.6 Å². The van der Waals surface area contributed by atoms with Crippen molar-refractivity contribution in [3.8, 4) is 16.3 Å². The second kappa shape index (κ2) is 5.64. The molecule has 1 aromatic carbocycles. The quantitative estimate of drug-likeness (QED) is 0.901. The smallest absolute Gasteiger partial charge is 0.308 e. The molecule has 4 nitrogen and oxygen atoms in total. The molecular formula is C13H13NO3S. The Bertz CT molecular complexity index is 533. The van der Waals surface area contributed by atoms with Gasteiger partial charge in [0.05, 0.1) is 13.0 Å². The topological polar surface area (TPSA) is 59.4 Å². The van der Waals surface area contributed by atoms with Gasteiger partial charge in [0, 0.05) is 16.6 Å². The molecule has 0 aliphatic rings. The molecule has 0 saturated heterocycles. The second-order valence-electron chi connectivity index (χ2n) is 3.66. The summed E-state index contributed by atoms with van der Waals surface area (Å²) in [5, 5.41) is 9.53. The first kappa shape index (κ1) is 12.6. The van der Waals surface area contributed by atoms with E-state index in [4.69, 9.17) is 9.84 Å². The van der Waals surface area contributed by atoms with Crippen LogP contribution in [0.25, 0.3) is 10.6 Å². The SMILES string of the molecule is CCOc1ccc(-c2ncc(CC(=O)O)s2)cc1. The molecule has 0 saturated carbocycles. The highest BCUT2D eigenvalue weighted by Gasteiger charge is 2.07. The predicted molar refractivity (Wildman–Crippen MR) is 70.1 cm³/mol. The van der Waals surface area contributed by atoms with Crippen molar-refractivity contribution in [1.29, 1.82) is 0 Å². The second-order valence-corrected chi connectivity index (χ2v) is 4.77. The number of carboxylic acid groups (broad SMARTS) is 1. The first-order valence-corrected chi connectivity index (χ1v) is 6.40. The molecule has 1 N–H and O–H groups in total. The number of rotatable bonds is 5. The van der Waals surface area contributed by atoms with Crippen LogP contribution in [0.4, 0.5) is 0 Å². The highest BCUT2D eigenvalue weighted by molar-refractivity contribution is 7.15. The molecule has 94 valence electrons. The Labute approximate surface area is 109 Å². The van der Waals surface area contributed by atoms with Crippen LogP contribution in [0.15, 0.2) is 30.5 Å². The van der Waals surface area contributed by atoms with Crippen LogP contribution in [0.2, 0.25) is 0 Å². The Morgan fingerprint density at radius 3 is 2.72 bits per heavy atom. The Morgan fingerprint density at radius 1 is 1.39 bits per heavy atom. The van der Waals surface area contributed by atoms with Crippen molar-refractivity contribution in [2.45, 2.75) is 13.3 Å². The molecule has 2 rings (SSSR count). The van der Waals surface area contributed by atoms with Gasteiger partial charge in [-0.3, -0.25) is 4.79 Å². The molecule has 0 atom stereocenters. The molecule has 0 amide bonds. The number of carbonyl (C=O) groups is 1. The van der Waals surface area contributed by atoms with Gasteiger partial charge in [-0.05, 0) is 31.2 Å². The van der Waals surface area contributed by atoms with Crippen molar-refractivity contribution in [2.75, 3.05) is 6.61 Å². The fourth-order valence-corrected chi connectivity index (χ4v) is 2.44. The number of aliphatic carboxylic acids is 1. The zero-order valence-electron chi connectivity index (χ0n) is 9.92. The van der Waals surface area contributed by atoms with Crippen LogP contribution >= 0.6 is 11.3 Å². The number of benzene rings is 1. The van der Waals surface area contributed by atoms with Gasteiger partial charge in [0.2, 0.25) is 0 Å². The molecule has 5 heteroatoms. The lowest BCUT2D eigenvalue weighted by atomic mass is 10.2. The molecule has 0 aliphatic heterocycles. The van der Waals surface area contributed by atoms with Crippen molar-refractivity contribution >= 4 is 17.3 Å². The number of hydrogen-bond donors (Lipinski definition) is 1. The van der Waals surface area contributed by atoms with Crippen LogP contribution in [0.3, 0.4) is 0 Å². The fraction of sp³-hybridized carbons (Fsp3) is 0.231. The van der Waals surface area contributed by atoms with Crippen LogP contribution in [0.5, 0.6) is 5.75 Å². The maximum Gasteiger partial charge on any atom is 0.308 e. The van der Waals surface area contributed by atoms with E-state index in [1.54, 1.807) is 6.20 Å². The molecule has 18 heavy (non-hydrogen) atoms. The highest BCUT2D eigenvalue weighted by atomic mass is 32.1. The van der Waals surface area contributed by atoms with Gasteiger partial charge in [-0.25, -0.2) is 4.98 Å². The third-order valence-corrected chi connectivity index (χ3v) is 3.34. The number of carboxylic acids is 1. The number of ether oxygens (including phenoxy) is 1. The molecule has 1 aromatic heterocycles. The molecule has 2 aromatic rings. The summed E-state index contributed by atoms with van der Waals surface area (Å²) in [5.41, 5.74) is 0.972. The minimum atomic E-state index is -0.836. The number of hydrogen-bond acceptors (Lipinski definition) is 4. The standard InChI is InChI=1S/C13H13NO3S/c1-2-17-10-5-3-9(4-6-10)13-14-8-11(18-13)7-12(15)16/h3-6,8H,2,7H2,1H3,(H,15,16). The van der Waals surface area contributed by atoms with Gasteiger partial charge in [0.1, 0.15) is 10.8 Å². The van der Waals surface area contributed by atoms with Gasteiger partial charge in [-0.1, -0.05) is 0 Å². The van der Waals surface area contributed by atoms with Crippen molar-refractivity contribution in [1.82, 2.24) is 4.98 Å². The Hall–Kier alpha value is -1.88. The lowest BCUT2D eigenvalue weighted by molar-refractivity contribution is -0.136. The summed E-state index contributed by atoms with van der Waals surface area (Å²) in [5.74, 6) is -0.0135. The van der Waals surface area contributed by atoms with Crippen LogP contribution < -0.4 is 4.74 Å².